The molecule has 5 heteroatoms. The molecular formula is C16H26N2O3. The maximum absolute atomic E-state index is 12.2. The average molecular weight is 294 g/mol. The van der Waals surface area contributed by atoms with E-state index in [1.165, 1.54) is 31.9 Å². The molecule has 1 saturated carbocycles. The highest BCUT2D eigenvalue weighted by Gasteiger charge is 2.33. The minimum absolute atomic E-state index is 0.0823. The molecule has 0 spiro atoms. The molecule has 0 unspecified atom stereocenters. The van der Waals surface area contributed by atoms with Crippen LogP contribution in [0.2, 0.25) is 0 Å². The van der Waals surface area contributed by atoms with Gasteiger partial charge >= 0.3 is 0 Å². The molecular weight excluding hydrogens is 268 g/mol. The van der Waals surface area contributed by atoms with Crippen molar-refractivity contribution < 1.29 is 13.9 Å². The Balaban J connectivity index is 1.87. The summed E-state index contributed by atoms with van der Waals surface area (Å²) >= 11 is 0. The summed E-state index contributed by atoms with van der Waals surface area (Å²) in [4.78, 5) is 12.2. The van der Waals surface area contributed by atoms with Crippen molar-refractivity contribution in [2.75, 3.05) is 19.8 Å². The fourth-order valence-electron chi connectivity index (χ4n) is 3.05. The molecule has 3 N–H and O–H groups in total. The molecule has 2 rings (SSSR count). The molecule has 0 aromatic carbocycles. The van der Waals surface area contributed by atoms with Crippen molar-refractivity contribution in [3.05, 3.63) is 23.7 Å². The molecule has 5 nitrogen and oxygen atoms in total. The van der Waals surface area contributed by atoms with Crippen LogP contribution in [-0.4, -0.2) is 25.7 Å². The van der Waals surface area contributed by atoms with Crippen LogP contribution in [0.1, 0.15) is 55.1 Å². The number of hydrogen-bond acceptors (Lipinski definition) is 4. The van der Waals surface area contributed by atoms with E-state index in [-0.39, 0.29) is 11.3 Å². The van der Waals surface area contributed by atoms with Crippen molar-refractivity contribution in [3.63, 3.8) is 0 Å². The normalized spacial score (nSPS) is 17.0. The van der Waals surface area contributed by atoms with E-state index in [0.717, 1.165) is 19.6 Å². The molecule has 1 aliphatic rings. The Labute approximate surface area is 126 Å². The van der Waals surface area contributed by atoms with Gasteiger partial charge in [0.05, 0.1) is 12.1 Å². The third-order valence-electron chi connectivity index (χ3n) is 4.39. The topological polar surface area (TPSA) is 77.5 Å². The molecule has 0 saturated heterocycles. The van der Waals surface area contributed by atoms with Gasteiger partial charge in [0.25, 0.3) is 5.91 Å². The second-order valence-electron chi connectivity index (χ2n) is 5.84. The predicted octanol–water partition coefficient (Wildman–Crippen LogP) is 2.46. The standard InChI is InChI=1S/C16H26N2O3/c1-2-20-8-7-16(5-3-4-6-16)12-18-15(19)13-9-14(10-17)21-11-13/h9,11H,2-8,10,12,17H2,1H3,(H,18,19). The second kappa shape index (κ2) is 7.61. The highest BCUT2D eigenvalue weighted by Crippen LogP contribution is 2.40. The summed E-state index contributed by atoms with van der Waals surface area (Å²) < 4.78 is 10.7. The summed E-state index contributed by atoms with van der Waals surface area (Å²) in [7, 11) is 0. The lowest BCUT2D eigenvalue weighted by Crippen LogP contribution is -2.36. The third kappa shape index (κ3) is 4.32. The quantitative estimate of drug-likeness (QED) is 0.722. The molecule has 1 heterocycles. The van der Waals surface area contributed by atoms with E-state index in [1.54, 1.807) is 6.07 Å². The van der Waals surface area contributed by atoms with Crippen LogP contribution in [0.4, 0.5) is 0 Å². The zero-order valence-electron chi connectivity index (χ0n) is 12.8. The maximum Gasteiger partial charge on any atom is 0.254 e. The smallest absolute Gasteiger partial charge is 0.254 e. The van der Waals surface area contributed by atoms with Gasteiger partial charge in [-0.1, -0.05) is 12.8 Å². The van der Waals surface area contributed by atoms with Gasteiger partial charge in [0.15, 0.2) is 0 Å². The van der Waals surface area contributed by atoms with Crippen LogP contribution in [0.5, 0.6) is 0 Å². The predicted molar refractivity (Wildman–Crippen MR) is 80.9 cm³/mol. The van der Waals surface area contributed by atoms with Gasteiger partial charge in [-0.2, -0.15) is 0 Å². The molecule has 1 aromatic rings. The van der Waals surface area contributed by atoms with E-state index in [0.29, 0.717) is 24.4 Å². The summed E-state index contributed by atoms with van der Waals surface area (Å²) in [5, 5.41) is 3.05. The average Bonchev–Trinajstić information content (AvgIpc) is 3.15. The number of rotatable bonds is 8. The summed E-state index contributed by atoms with van der Waals surface area (Å²) in [6.45, 7) is 4.55. The van der Waals surface area contributed by atoms with Gasteiger partial charge in [-0.3, -0.25) is 4.79 Å². The van der Waals surface area contributed by atoms with Crippen molar-refractivity contribution in [2.45, 2.75) is 45.6 Å². The van der Waals surface area contributed by atoms with Crippen molar-refractivity contribution >= 4 is 5.91 Å². The van der Waals surface area contributed by atoms with Crippen molar-refractivity contribution in [1.82, 2.24) is 5.32 Å². The summed E-state index contributed by atoms with van der Waals surface area (Å²) in [5.74, 6) is 0.549. The molecule has 0 aliphatic heterocycles. The largest absolute Gasteiger partial charge is 0.467 e. The Bertz CT molecular complexity index is 450. The van der Waals surface area contributed by atoms with E-state index in [4.69, 9.17) is 14.9 Å². The Morgan fingerprint density at radius 1 is 1.48 bits per heavy atom. The van der Waals surface area contributed by atoms with Crippen LogP contribution in [0, 0.1) is 5.41 Å². The highest BCUT2D eigenvalue weighted by molar-refractivity contribution is 5.93. The van der Waals surface area contributed by atoms with Gasteiger partial charge in [0.2, 0.25) is 0 Å². The fourth-order valence-corrected chi connectivity index (χ4v) is 3.05. The lowest BCUT2D eigenvalue weighted by Gasteiger charge is -2.29. The fraction of sp³-hybridized carbons (Fsp3) is 0.688. The van der Waals surface area contributed by atoms with Gasteiger partial charge < -0.3 is 20.2 Å². The number of furan rings is 1. The van der Waals surface area contributed by atoms with Crippen LogP contribution in [-0.2, 0) is 11.3 Å². The minimum atomic E-state index is -0.0823. The Morgan fingerprint density at radius 3 is 2.86 bits per heavy atom. The number of nitrogens with one attached hydrogen (secondary N) is 1. The van der Waals surface area contributed by atoms with Crippen LogP contribution < -0.4 is 11.1 Å². The number of nitrogens with two attached hydrogens (primary N) is 1. The third-order valence-corrected chi connectivity index (χ3v) is 4.39. The molecule has 118 valence electrons. The van der Waals surface area contributed by atoms with Gasteiger partial charge in [-0.05, 0) is 37.7 Å². The monoisotopic (exact) mass is 294 g/mol. The molecule has 21 heavy (non-hydrogen) atoms. The lowest BCUT2D eigenvalue weighted by molar-refractivity contribution is 0.0862. The van der Waals surface area contributed by atoms with Crippen LogP contribution in [0.15, 0.2) is 16.7 Å². The molecule has 1 aliphatic carbocycles. The number of carbonyl (C=O) groups excluding carboxylic acids is 1. The van der Waals surface area contributed by atoms with Crippen molar-refractivity contribution in [3.8, 4) is 0 Å². The zero-order valence-corrected chi connectivity index (χ0v) is 12.8. The first-order chi connectivity index (χ1) is 10.2. The molecule has 0 radical (unpaired) electrons. The highest BCUT2D eigenvalue weighted by atomic mass is 16.5. The zero-order chi connectivity index (χ0) is 15.1. The molecule has 1 aromatic heterocycles. The number of amides is 1. The summed E-state index contributed by atoms with van der Waals surface area (Å²) in [6.07, 6.45) is 7.30. The molecule has 0 bridgehead atoms. The van der Waals surface area contributed by atoms with Crippen molar-refractivity contribution in [1.29, 1.82) is 0 Å². The van der Waals surface area contributed by atoms with E-state index in [1.807, 2.05) is 6.92 Å². The van der Waals surface area contributed by atoms with E-state index in [9.17, 15) is 4.79 Å². The molecule has 1 amide bonds. The number of carbonyl (C=O) groups is 1. The van der Waals surface area contributed by atoms with E-state index in [2.05, 4.69) is 5.32 Å². The van der Waals surface area contributed by atoms with Gasteiger partial charge in [-0.15, -0.1) is 0 Å². The Kier molecular flexibility index (Phi) is 5.82. The first-order valence-electron chi connectivity index (χ1n) is 7.82. The number of hydrogen-bond donors (Lipinski definition) is 2. The minimum Gasteiger partial charge on any atom is -0.467 e. The summed E-state index contributed by atoms with van der Waals surface area (Å²) in [5.41, 5.74) is 6.24. The van der Waals surface area contributed by atoms with E-state index < -0.39 is 0 Å². The van der Waals surface area contributed by atoms with Gasteiger partial charge in [0, 0.05) is 19.8 Å². The molecule has 0 atom stereocenters. The van der Waals surface area contributed by atoms with Gasteiger partial charge in [-0.25, -0.2) is 0 Å². The van der Waals surface area contributed by atoms with Gasteiger partial charge in [0.1, 0.15) is 12.0 Å². The van der Waals surface area contributed by atoms with Crippen LogP contribution >= 0.6 is 0 Å². The lowest BCUT2D eigenvalue weighted by atomic mass is 9.83. The van der Waals surface area contributed by atoms with Crippen LogP contribution in [0.25, 0.3) is 0 Å². The second-order valence-corrected chi connectivity index (χ2v) is 5.84. The SMILES string of the molecule is CCOCCC1(CNC(=O)c2coc(CN)c2)CCCC1. The summed E-state index contributed by atoms with van der Waals surface area (Å²) in [6, 6.07) is 1.71. The van der Waals surface area contributed by atoms with Crippen LogP contribution in [0.3, 0.4) is 0 Å². The number of ether oxygens (including phenoxy) is 1. The Morgan fingerprint density at radius 2 is 2.24 bits per heavy atom. The molecule has 1 fully saturated rings. The van der Waals surface area contributed by atoms with Crippen molar-refractivity contribution in [2.24, 2.45) is 11.1 Å². The Hall–Kier alpha value is -1.33. The first-order valence-corrected chi connectivity index (χ1v) is 7.82. The maximum atomic E-state index is 12.2. The first kappa shape index (κ1) is 16.0. The van der Waals surface area contributed by atoms with E-state index >= 15 is 0 Å².